The van der Waals surface area contributed by atoms with Crippen LogP contribution >= 0.6 is 0 Å². The summed E-state index contributed by atoms with van der Waals surface area (Å²) in [6.07, 6.45) is 21.4. The molecule has 0 spiro atoms. The van der Waals surface area contributed by atoms with E-state index in [0.29, 0.717) is 5.56 Å². The van der Waals surface area contributed by atoms with Crippen LogP contribution in [0.5, 0.6) is 0 Å². The van der Waals surface area contributed by atoms with Crippen LogP contribution in [0.15, 0.2) is 60.7 Å². The average molecular weight is 414 g/mol. The molecule has 164 valence electrons. The van der Waals surface area contributed by atoms with Crippen LogP contribution in [0.2, 0.25) is 0 Å². The van der Waals surface area contributed by atoms with Crippen LogP contribution in [0.4, 0.5) is 0 Å². The molecule has 0 unspecified atom stereocenters. The quantitative estimate of drug-likeness (QED) is 0.266. The number of rotatable bonds is 11. The molecule has 1 nitrogen and oxygen atoms in total. The Kier molecular flexibility index (Phi) is 9.91. The van der Waals surface area contributed by atoms with Gasteiger partial charge in [-0.2, -0.15) is 5.26 Å². The van der Waals surface area contributed by atoms with E-state index in [-0.39, 0.29) is 0 Å². The summed E-state index contributed by atoms with van der Waals surface area (Å²) in [6, 6.07) is 18.9. The van der Waals surface area contributed by atoms with Crippen molar-refractivity contribution in [1.29, 1.82) is 5.26 Å². The van der Waals surface area contributed by atoms with Crippen molar-refractivity contribution in [2.75, 3.05) is 0 Å². The van der Waals surface area contributed by atoms with Gasteiger partial charge in [-0.1, -0.05) is 94.0 Å². The van der Waals surface area contributed by atoms with E-state index >= 15 is 0 Å². The summed E-state index contributed by atoms with van der Waals surface area (Å²) in [6.45, 7) is 2.30. The van der Waals surface area contributed by atoms with Gasteiger partial charge in [-0.25, -0.2) is 0 Å². The topological polar surface area (TPSA) is 23.8 Å². The molecule has 1 saturated carbocycles. The number of nitriles is 1. The number of unbranched alkanes of at least 4 members (excludes halogenated alkanes) is 4. The molecule has 1 aliphatic rings. The highest BCUT2D eigenvalue weighted by atomic mass is 14.2. The molecule has 0 aliphatic heterocycles. The first-order valence-corrected chi connectivity index (χ1v) is 12.5. The monoisotopic (exact) mass is 413 g/mol. The summed E-state index contributed by atoms with van der Waals surface area (Å²) in [5.74, 6) is 1.82. The molecule has 0 radical (unpaired) electrons. The van der Waals surface area contributed by atoms with E-state index in [2.05, 4.69) is 49.4 Å². The van der Waals surface area contributed by atoms with Crippen molar-refractivity contribution in [1.82, 2.24) is 0 Å². The van der Waals surface area contributed by atoms with Gasteiger partial charge in [-0.15, -0.1) is 0 Å². The molecule has 0 amide bonds. The van der Waals surface area contributed by atoms with Gasteiger partial charge >= 0.3 is 0 Å². The van der Waals surface area contributed by atoms with E-state index in [0.717, 1.165) is 24.7 Å². The maximum absolute atomic E-state index is 8.93. The number of hydrogen-bond donors (Lipinski definition) is 0. The molecule has 0 saturated heterocycles. The fourth-order valence-corrected chi connectivity index (χ4v) is 4.85. The van der Waals surface area contributed by atoms with Gasteiger partial charge in [0.05, 0.1) is 11.6 Å². The molecular weight excluding hydrogens is 374 g/mol. The lowest BCUT2D eigenvalue weighted by atomic mass is 9.79. The Morgan fingerprint density at radius 1 is 0.839 bits per heavy atom. The smallest absolute Gasteiger partial charge is 0.0991 e. The molecule has 0 N–H and O–H groups in total. The van der Waals surface area contributed by atoms with Gasteiger partial charge < -0.3 is 0 Å². The van der Waals surface area contributed by atoms with Gasteiger partial charge in [-0.05, 0) is 79.2 Å². The summed E-state index contributed by atoms with van der Waals surface area (Å²) < 4.78 is 0. The fraction of sp³-hybridized carbons (Fsp3) is 0.500. The van der Waals surface area contributed by atoms with Crippen LogP contribution in [0.1, 0.15) is 88.7 Å². The largest absolute Gasteiger partial charge is 0.192 e. The summed E-state index contributed by atoms with van der Waals surface area (Å²) in [7, 11) is 0. The van der Waals surface area contributed by atoms with Crippen LogP contribution in [0.3, 0.4) is 0 Å². The van der Waals surface area contributed by atoms with Crippen molar-refractivity contribution >= 4 is 0 Å². The lowest BCUT2D eigenvalue weighted by molar-refractivity contribution is 0.288. The molecule has 0 heterocycles. The molecule has 0 aromatic heterocycles. The summed E-state index contributed by atoms with van der Waals surface area (Å²) >= 11 is 0. The third kappa shape index (κ3) is 8.02. The molecule has 0 atom stereocenters. The summed E-state index contributed by atoms with van der Waals surface area (Å²) in [5.41, 5.74) is 4.49. The minimum Gasteiger partial charge on any atom is -0.192 e. The van der Waals surface area contributed by atoms with Crippen LogP contribution in [-0.4, -0.2) is 0 Å². The second kappa shape index (κ2) is 13.2. The van der Waals surface area contributed by atoms with Gasteiger partial charge in [0, 0.05) is 0 Å². The van der Waals surface area contributed by atoms with Gasteiger partial charge in [-0.3, -0.25) is 0 Å². The van der Waals surface area contributed by atoms with Crippen molar-refractivity contribution in [2.45, 2.75) is 84.0 Å². The standard InChI is InChI=1S/C30H39N/c1-2-3-4-5-6-9-25-12-14-26(15-13-25)10-7-8-11-27-16-20-29(21-17-27)30-22-18-28(24-31)19-23-30/h7,10,16-23,25-26H,2-6,8-9,11-15H2,1H3/t25-,26-. The highest BCUT2D eigenvalue weighted by molar-refractivity contribution is 5.64. The Morgan fingerprint density at radius 3 is 2.13 bits per heavy atom. The van der Waals surface area contributed by atoms with Crippen molar-refractivity contribution < 1.29 is 0 Å². The van der Waals surface area contributed by atoms with E-state index in [1.54, 1.807) is 0 Å². The van der Waals surface area contributed by atoms with Crippen molar-refractivity contribution in [2.24, 2.45) is 11.8 Å². The Hall–Kier alpha value is -2.33. The summed E-state index contributed by atoms with van der Waals surface area (Å²) in [4.78, 5) is 0. The lowest BCUT2D eigenvalue weighted by Crippen LogP contribution is -2.13. The van der Waals surface area contributed by atoms with E-state index in [4.69, 9.17) is 5.26 Å². The van der Waals surface area contributed by atoms with E-state index in [9.17, 15) is 0 Å². The molecule has 0 bridgehead atoms. The highest BCUT2D eigenvalue weighted by Crippen LogP contribution is 2.33. The number of hydrogen-bond acceptors (Lipinski definition) is 1. The Bertz CT molecular complexity index is 814. The Labute approximate surface area is 190 Å². The van der Waals surface area contributed by atoms with Gasteiger partial charge in [0.1, 0.15) is 0 Å². The first-order chi connectivity index (χ1) is 15.3. The fourth-order valence-electron chi connectivity index (χ4n) is 4.85. The Morgan fingerprint density at radius 2 is 1.48 bits per heavy atom. The lowest BCUT2D eigenvalue weighted by Gasteiger charge is -2.26. The third-order valence-electron chi connectivity index (χ3n) is 6.92. The van der Waals surface area contributed by atoms with Crippen LogP contribution in [0.25, 0.3) is 11.1 Å². The minimum atomic E-state index is 0.711. The second-order valence-electron chi connectivity index (χ2n) is 9.34. The third-order valence-corrected chi connectivity index (χ3v) is 6.92. The molecule has 1 heteroatoms. The zero-order valence-corrected chi connectivity index (χ0v) is 19.4. The second-order valence-corrected chi connectivity index (χ2v) is 9.34. The maximum atomic E-state index is 8.93. The van der Waals surface area contributed by atoms with Crippen molar-refractivity contribution in [3.63, 3.8) is 0 Å². The molecule has 1 fully saturated rings. The predicted octanol–water partition coefficient (Wildman–Crippen LogP) is 8.88. The van der Waals surface area contributed by atoms with E-state index < -0.39 is 0 Å². The van der Waals surface area contributed by atoms with Crippen molar-refractivity contribution in [3.05, 3.63) is 71.8 Å². The first-order valence-electron chi connectivity index (χ1n) is 12.5. The molecular formula is C30H39N. The van der Waals surface area contributed by atoms with Crippen LogP contribution in [-0.2, 0) is 6.42 Å². The number of nitrogens with zero attached hydrogens (tertiary/aromatic N) is 1. The normalized spacial score (nSPS) is 18.8. The molecule has 3 rings (SSSR count). The van der Waals surface area contributed by atoms with E-state index in [1.807, 2.05) is 24.3 Å². The van der Waals surface area contributed by atoms with Gasteiger partial charge in [0.15, 0.2) is 0 Å². The first kappa shape index (κ1) is 23.3. The molecule has 2 aromatic rings. The van der Waals surface area contributed by atoms with Crippen LogP contribution in [0, 0.1) is 23.2 Å². The summed E-state index contributed by atoms with van der Waals surface area (Å²) in [5, 5.41) is 8.93. The highest BCUT2D eigenvalue weighted by Gasteiger charge is 2.18. The SMILES string of the molecule is CCCCCCC[C@H]1CC[C@H](C=CCCc2ccc(-c3ccc(C#N)cc3)cc2)CC1. The molecule has 1 aliphatic carbocycles. The zero-order valence-electron chi connectivity index (χ0n) is 19.4. The van der Waals surface area contributed by atoms with Crippen LogP contribution < -0.4 is 0 Å². The zero-order chi connectivity index (χ0) is 21.7. The van der Waals surface area contributed by atoms with Gasteiger partial charge in [0.2, 0.25) is 0 Å². The molecule has 2 aromatic carbocycles. The van der Waals surface area contributed by atoms with E-state index in [1.165, 1.54) is 80.9 Å². The average Bonchev–Trinajstić information content (AvgIpc) is 2.83. The minimum absolute atomic E-state index is 0.711. The van der Waals surface area contributed by atoms with Crippen molar-refractivity contribution in [3.8, 4) is 17.2 Å². The van der Waals surface area contributed by atoms with Gasteiger partial charge in [0.25, 0.3) is 0 Å². The Balaban J connectivity index is 1.33. The number of aryl methyl sites for hydroxylation is 1. The number of benzene rings is 2. The number of allylic oxidation sites excluding steroid dienone is 2. The maximum Gasteiger partial charge on any atom is 0.0991 e. The predicted molar refractivity (Wildman–Crippen MR) is 133 cm³/mol. The molecule has 31 heavy (non-hydrogen) atoms.